The van der Waals surface area contributed by atoms with Gasteiger partial charge in [-0.25, -0.2) is 4.79 Å². The normalized spacial score (nSPS) is 16.9. The van der Waals surface area contributed by atoms with Gasteiger partial charge in [0.25, 0.3) is 0 Å². The molecule has 172 valence electrons. The van der Waals surface area contributed by atoms with Gasteiger partial charge >= 0.3 is 6.03 Å². The van der Waals surface area contributed by atoms with E-state index in [4.69, 9.17) is 11.6 Å². The molecule has 2 aromatic heterocycles. The monoisotopic (exact) mass is 487 g/mol. The topological polar surface area (TPSA) is 37.3 Å². The summed E-state index contributed by atoms with van der Waals surface area (Å²) in [4.78, 5) is 17.4. The van der Waals surface area contributed by atoms with E-state index in [2.05, 4.69) is 40.3 Å². The van der Waals surface area contributed by atoms with Crippen molar-refractivity contribution < 1.29 is 4.79 Å². The zero-order valence-corrected chi connectivity index (χ0v) is 20.6. The lowest BCUT2D eigenvalue weighted by Crippen LogP contribution is -2.38. The summed E-state index contributed by atoms with van der Waals surface area (Å²) in [7, 11) is 0. The summed E-state index contributed by atoms with van der Waals surface area (Å²) < 4.78 is 2.31. The molecule has 1 aliphatic carbocycles. The first kappa shape index (κ1) is 21.5. The lowest BCUT2D eigenvalue weighted by Gasteiger charge is -2.31. The SMILES string of the molecule is Cc1ccc(Cl)cc1NC(=O)N1Cc2c(sc3c2CCCC3)-n2cccc2[C@H]1c1ccccc1. The molecule has 0 radical (unpaired) electrons. The maximum Gasteiger partial charge on any atom is 0.322 e. The number of aromatic nitrogens is 1. The number of urea groups is 1. The number of nitrogens with zero attached hydrogens (tertiary/aromatic N) is 2. The van der Waals surface area contributed by atoms with Crippen molar-refractivity contribution in [3.05, 3.63) is 105 Å². The molecule has 34 heavy (non-hydrogen) atoms. The van der Waals surface area contributed by atoms with Crippen molar-refractivity contribution in [2.24, 2.45) is 0 Å². The van der Waals surface area contributed by atoms with E-state index in [-0.39, 0.29) is 12.1 Å². The number of amides is 2. The van der Waals surface area contributed by atoms with Crippen LogP contribution in [0.15, 0.2) is 66.9 Å². The van der Waals surface area contributed by atoms with E-state index in [9.17, 15) is 4.79 Å². The van der Waals surface area contributed by atoms with Crippen LogP contribution < -0.4 is 5.32 Å². The van der Waals surface area contributed by atoms with Crippen molar-refractivity contribution in [1.29, 1.82) is 0 Å². The minimum absolute atomic E-state index is 0.115. The molecular weight excluding hydrogens is 462 g/mol. The molecule has 0 saturated carbocycles. The number of rotatable bonds is 2. The summed E-state index contributed by atoms with van der Waals surface area (Å²) in [6, 6.07) is 19.9. The average molecular weight is 488 g/mol. The van der Waals surface area contributed by atoms with Crippen LogP contribution in [0, 0.1) is 6.92 Å². The molecule has 6 rings (SSSR count). The smallest absolute Gasteiger partial charge is 0.310 e. The molecule has 1 aliphatic heterocycles. The van der Waals surface area contributed by atoms with Gasteiger partial charge in [-0.1, -0.05) is 48.0 Å². The number of hydrogen-bond acceptors (Lipinski definition) is 2. The number of aryl methyl sites for hydroxylation is 2. The molecule has 6 heteroatoms. The number of benzene rings is 2. The Kier molecular flexibility index (Phi) is 5.47. The number of carbonyl (C=O) groups is 1. The lowest BCUT2D eigenvalue weighted by molar-refractivity contribution is 0.194. The van der Waals surface area contributed by atoms with Crippen molar-refractivity contribution in [3.63, 3.8) is 0 Å². The zero-order chi connectivity index (χ0) is 23.2. The third kappa shape index (κ3) is 3.64. The van der Waals surface area contributed by atoms with Crippen molar-refractivity contribution in [3.8, 4) is 5.00 Å². The first-order valence-electron chi connectivity index (χ1n) is 11.8. The Morgan fingerprint density at radius 2 is 1.85 bits per heavy atom. The minimum atomic E-state index is -0.200. The molecule has 0 saturated heterocycles. The molecule has 2 aromatic carbocycles. The van der Waals surface area contributed by atoms with Gasteiger partial charge in [0.2, 0.25) is 0 Å². The molecule has 4 aromatic rings. The molecule has 0 bridgehead atoms. The van der Waals surface area contributed by atoms with Gasteiger partial charge in [-0.15, -0.1) is 11.3 Å². The van der Waals surface area contributed by atoms with Gasteiger partial charge in [-0.3, -0.25) is 0 Å². The second-order valence-electron chi connectivity index (χ2n) is 9.13. The Morgan fingerprint density at radius 1 is 1.03 bits per heavy atom. The fourth-order valence-corrected chi connectivity index (χ4v) is 6.86. The highest BCUT2D eigenvalue weighted by molar-refractivity contribution is 7.15. The van der Waals surface area contributed by atoms with E-state index < -0.39 is 0 Å². The van der Waals surface area contributed by atoms with Crippen LogP contribution in [0.25, 0.3) is 5.00 Å². The first-order valence-corrected chi connectivity index (χ1v) is 13.0. The quantitative estimate of drug-likeness (QED) is 0.312. The van der Waals surface area contributed by atoms with Crippen LogP contribution in [-0.4, -0.2) is 15.5 Å². The molecule has 1 atom stereocenters. The van der Waals surface area contributed by atoms with Crippen LogP contribution in [-0.2, 0) is 19.4 Å². The predicted molar refractivity (Wildman–Crippen MR) is 139 cm³/mol. The number of halogens is 1. The first-order chi connectivity index (χ1) is 16.6. The lowest BCUT2D eigenvalue weighted by atomic mass is 9.95. The predicted octanol–water partition coefficient (Wildman–Crippen LogP) is 7.52. The fraction of sp³-hybridized carbons (Fsp3) is 0.250. The van der Waals surface area contributed by atoms with Crippen LogP contribution >= 0.6 is 22.9 Å². The summed E-state index contributed by atoms with van der Waals surface area (Å²) in [6.45, 7) is 2.56. The summed E-state index contributed by atoms with van der Waals surface area (Å²) >= 11 is 8.16. The molecule has 4 nitrogen and oxygen atoms in total. The number of anilines is 1. The largest absolute Gasteiger partial charge is 0.322 e. The Hall–Kier alpha value is -3.02. The van der Waals surface area contributed by atoms with Crippen LogP contribution in [0.5, 0.6) is 0 Å². The highest BCUT2D eigenvalue weighted by Crippen LogP contribution is 2.44. The highest BCUT2D eigenvalue weighted by atomic mass is 35.5. The Bertz CT molecular complexity index is 1370. The minimum Gasteiger partial charge on any atom is -0.310 e. The third-order valence-electron chi connectivity index (χ3n) is 7.00. The molecule has 2 aliphatic rings. The van der Waals surface area contributed by atoms with Crippen LogP contribution in [0.3, 0.4) is 0 Å². The number of carbonyl (C=O) groups excluding carboxylic acids is 1. The molecule has 0 unspecified atom stereocenters. The van der Waals surface area contributed by atoms with E-state index in [1.165, 1.54) is 33.8 Å². The zero-order valence-electron chi connectivity index (χ0n) is 19.1. The van der Waals surface area contributed by atoms with E-state index >= 15 is 0 Å². The van der Waals surface area contributed by atoms with Gasteiger partial charge in [-0.05, 0) is 73.6 Å². The fourth-order valence-electron chi connectivity index (χ4n) is 5.29. The number of thiophene rings is 1. The van der Waals surface area contributed by atoms with Gasteiger partial charge in [-0.2, -0.15) is 0 Å². The van der Waals surface area contributed by atoms with E-state index in [1.54, 1.807) is 0 Å². The molecule has 1 N–H and O–H groups in total. The average Bonchev–Trinajstić information content (AvgIpc) is 3.44. The Morgan fingerprint density at radius 3 is 2.71 bits per heavy atom. The standard InChI is InChI=1S/C28H26ClN3OS/c1-18-13-14-20(29)16-23(18)30-28(33)32-17-22-21-10-5-6-12-25(21)34-27(22)31-15-7-11-24(31)26(32)19-8-3-2-4-9-19/h2-4,7-9,11,13-16,26H,5-6,10,12,17H2,1H3,(H,30,33)/t26-/m1/s1. The molecule has 2 amide bonds. The summed E-state index contributed by atoms with van der Waals surface area (Å²) in [5, 5.41) is 5.05. The Balaban J connectivity index is 1.50. The highest BCUT2D eigenvalue weighted by Gasteiger charge is 2.36. The summed E-state index contributed by atoms with van der Waals surface area (Å²) in [6.07, 6.45) is 6.84. The summed E-state index contributed by atoms with van der Waals surface area (Å²) in [5.74, 6) is 0. The van der Waals surface area contributed by atoms with E-state index in [1.807, 2.05) is 59.6 Å². The number of hydrogen-bond donors (Lipinski definition) is 1. The van der Waals surface area contributed by atoms with E-state index in [0.717, 1.165) is 35.3 Å². The van der Waals surface area contributed by atoms with Gasteiger partial charge < -0.3 is 14.8 Å². The van der Waals surface area contributed by atoms with Crippen molar-refractivity contribution in [2.45, 2.75) is 45.2 Å². The number of fused-ring (bicyclic) bond motifs is 5. The van der Waals surface area contributed by atoms with Gasteiger partial charge in [0.15, 0.2) is 0 Å². The van der Waals surface area contributed by atoms with Crippen LogP contribution in [0.2, 0.25) is 5.02 Å². The van der Waals surface area contributed by atoms with Crippen LogP contribution in [0.1, 0.15) is 51.7 Å². The maximum atomic E-state index is 14.0. The van der Waals surface area contributed by atoms with Crippen molar-refractivity contribution in [2.75, 3.05) is 5.32 Å². The second-order valence-corrected chi connectivity index (χ2v) is 10.6. The van der Waals surface area contributed by atoms with Gasteiger partial charge in [0.1, 0.15) is 5.00 Å². The molecule has 0 fully saturated rings. The molecular formula is C28H26ClN3OS. The van der Waals surface area contributed by atoms with Crippen LogP contribution in [0.4, 0.5) is 10.5 Å². The third-order valence-corrected chi connectivity index (χ3v) is 8.56. The maximum absolute atomic E-state index is 14.0. The molecule has 0 spiro atoms. The summed E-state index contributed by atoms with van der Waals surface area (Å²) in [5.41, 5.74) is 6.70. The second kappa shape index (κ2) is 8.64. The van der Waals surface area contributed by atoms with E-state index in [0.29, 0.717) is 11.6 Å². The Labute approximate surface area is 208 Å². The van der Waals surface area contributed by atoms with Crippen molar-refractivity contribution in [1.82, 2.24) is 9.47 Å². The van der Waals surface area contributed by atoms with Crippen molar-refractivity contribution >= 4 is 34.7 Å². The van der Waals surface area contributed by atoms with Gasteiger partial charge in [0.05, 0.1) is 18.3 Å². The molecule has 3 heterocycles. The van der Waals surface area contributed by atoms with Gasteiger partial charge in [0, 0.05) is 27.3 Å². The number of nitrogens with one attached hydrogen (secondary N) is 1.